The minimum absolute atomic E-state index is 0.000417. The fraction of sp³-hybridized carbons (Fsp3) is 0.917. The number of carbonyl (C=O) groups is 1. The van der Waals surface area contributed by atoms with Crippen LogP contribution >= 0.6 is 0 Å². The number of amides is 1. The molecular formula is C12H22F2N2O2. The van der Waals surface area contributed by atoms with E-state index in [1.165, 1.54) is 4.90 Å². The normalized spacial score (nSPS) is 25.7. The van der Waals surface area contributed by atoms with E-state index in [4.69, 9.17) is 0 Å². The fourth-order valence-electron chi connectivity index (χ4n) is 1.99. The van der Waals surface area contributed by atoms with Gasteiger partial charge in [-0.1, -0.05) is 13.3 Å². The summed E-state index contributed by atoms with van der Waals surface area (Å²) in [5.74, 6) is -3.36. The highest BCUT2D eigenvalue weighted by Crippen LogP contribution is 2.28. The maximum Gasteiger partial charge on any atom is 0.285 e. The summed E-state index contributed by atoms with van der Waals surface area (Å²) in [4.78, 5) is 13.2. The van der Waals surface area contributed by atoms with Gasteiger partial charge in [-0.3, -0.25) is 9.69 Å². The molecule has 1 aliphatic heterocycles. The molecule has 0 spiro atoms. The smallest absolute Gasteiger partial charge is 0.285 e. The van der Waals surface area contributed by atoms with Crippen molar-refractivity contribution in [1.82, 2.24) is 10.2 Å². The van der Waals surface area contributed by atoms with Crippen molar-refractivity contribution in [1.29, 1.82) is 0 Å². The van der Waals surface area contributed by atoms with Gasteiger partial charge in [0, 0.05) is 13.1 Å². The lowest BCUT2D eigenvalue weighted by molar-refractivity contribution is -0.159. The first-order chi connectivity index (χ1) is 8.38. The van der Waals surface area contributed by atoms with E-state index in [9.17, 15) is 18.7 Å². The quantitative estimate of drug-likeness (QED) is 0.728. The molecule has 0 aromatic heterocycles. The van der Waals surface area contributed by atoms with E-state index in [2.05, 4.69) is 5.32 Å². The summed E-state index contributed by atoms with van der Waals surface area (Å²) in [5.41, 5.74) is 0. The number of carbonyl (C=O) groups excluding carboxylic acids is 1. The van der Waals surface area contributed by atoms with E-state index >= 15 is 0 Å². The molecule has 0 saturated carbocycles. The Morgan fingerprint density at radius 3 is 2.83 bits per heavy atom. The topological polar surface area (TPSA) is 52.6 Å². The van der Waals surface area contributed by atoms with Crippen molar-refractivity contribution in [2.24, 2.45) is 0 Å². The molecule has 0 radical (unpaired) electrons. The number of aliphatic hydroxyl groups is 1. The number of unbranched alkanes of at least 4 members (excludes halogenated alkanes) is 1. The Labute approximate surface area is 106 Å². The fourth-order valence-corrected chi connectivity index (χ4v) is 1.99. The van der Waals surface area contributed by atoms with E-state index in [0.717, 1.165) is 12.8 Å². The molecule has 1 rings (SSSR count). The minimum Gasteiger partial charge on any atom is -0.387 e. The molecule has 0 aliphatic carbocycles. The third-order valence-electron chi connectivity index (χ3n) is 3.35. The molecule has 106 valence electrons. The van der Waals surface area contributed by atoms with Gasteiger partial charge in [-0.05, 0) is 19.8 Å². The number of nitrogens with one attached hydrogen (secondary N) is 1. The third-order valence-corrected chi connectivity index (χ3v) is 3.35. The number of hydrogen-bond acceptors (Lipinski definition) is 3. The molecule has 6 heteroatoms. The average Bonchev–Trinajstić information content (AvgIpc) is 2.32. The molecule has 2 atom stereocenters. The van der Waals surface area contributed by atoms with Gasteiger partial charge in [0.2, 0.25) is 5.91 Å². The lowest BCUT2D eigenvalue weighted by Crippen LogP contribution is -2.57. The van der Waals surface area contributed by atoms with Crippen molar-refractivity contribution in [3.63, 3.8) is 0 Å². The van der Waals surface area contributed by atoms with Crippen LogP contribution in [-0.4, -0.2) is 53.6 Å². The average molecular weight is 264 g/mol. The summed E-state index contributed by atoms with van der Waals surface area (Å²) in [6, 6.07) is -0.583. The van der Waals surface area contributed by atoms with Gasteiger partial charge < -0.3 is 10.4 Å². The van der Waals surface area contributed by atoms with Crippen molar-refractivity contribution >= 4 is 5.91 Å². The molecule has 4 nitrogen and oxygen atoms in total. The number of piperidine rings is 1. The number of halogens is 2. The van der Waals surface area contributed by atoms with Crippen LogP contribution < -0.4 is 5.32 Å². The zero-order valence-electron chi connectivity index (χ0n) is 11.0. The van der Waals surface area contributed by atoms with E-state index in [1.54, 1.807) is 6.92 Å². The Kier molecular flexibility index (Phi) is 5.47. The highest BCUT2D eigenvalue weighted by atomic mass is 19.3. The molecule has 1 amide bonds. The molecule has 0 unspecified atom stereocenters. The van der Waals surface area contributed by atoms with Crippen LogP contribution in [0.4, 0.5) is 8.78 Å². The van der Waals surface area contributed by atoms with Gasteiger partial charge in [-0.15, -0.1) is 0 Å². The number of alkyl halides is 2. The highest BCUT2D eigenvalue weighted by Gasteiger charge is 2.45. The first kappa shape index (κ1) is 15.3. The molecule has 2 N–H and O–H groups in total. The zero-order valence-corrected chi connectivity index (χ0v) is 11.0. The number of likely N-dealkylation sites (tertiary alicyclic amines) is 1. The van der Waals surface area contributed by atoms with Crippen LogP contribution in [0.3, 0.4) is 0 Å². The highest BCUT2D eigenvalue weighted by molar-refractivity contribution is 5.81. The molecule has 1 saturated heterocycles. The lowest BCUT2D eigenvalue weighted by atomic mass is 10.0. The van der Waals surface area contributed by atoms with Gasteiger partial charge in [-0.2, -0.15) is 0 Å². The second-order valence-corrected chi connectivity index (χ2v) is 4.86. The molecule has 18 heavy (non-hydrogen) atoms. The minimum atomic E-state index is -3.13. The van der Waals surface area contributed by atoms with Gasteiger partial charge in [0.15, 0.2) is 0 Å². The van der Waals surface area contributed by atoms with Crippen LogP contribution in [0.2, 0.25) is 0 Å². The first-order valence-electron chi connectivity index (χ1n) is 6.46. The van der Waals surface area contributed by atoms with Crippen molar-refractivity contribution in [2.45, 2.75) is 51.2 Å². The Bertz CT molecular complexity index is 287. The third kappa shape index (κ3) is 3.88. The largest absolute Gasteiger partial charge is 0.387 e. The Morgan fingerprint density at radius 1 is 1.61 bits per heavy atom. The Balaban J connectivity index is 2.46. The Hall–Kier alpha value is -0.750. The maximum atomic E-state index is 13.4. The first-order valence-corrected chi connectivity index (χ1v) is 6.46. The lowest BCUT2D eigenvalue weighted by Gasteiger charge is -2.38. The number of nitrogens with zero attached hydrogens (tertiary/aromatic N) is 1. The zero-order chi connectivity index (χ0) is 13.8. The van der Waals surface area contributed by atoms with E-state index < -0.39 is 24.6 Å². The second kappa shape index (κ2) is 6.43. The molecule has 1 heterocycles. The van der Waals surface area contributed by atoms with Gasteiger partial charge >= 0.3 is 0 Å². The predicted molar refractivity (Wildman–Crippen MR) is 64.5 cm³/mol. The molecular weight excluding hydrogens is 242 g/mol. The van der Waals surface area contributed by atoms with Gasteiger partial charge in [-0.25, -0.2) is 8.78 Å². The number of aliphatic hydroxyl groups excluding tert-OH is 1. The SMILES string of the molecule is CCCCNC(=O)[C@H](C)N1CC[C@H](O)C(F)(F)C1. The molecule has 0 bridgehead atoms. The van der Waals surface area contributed by atoms with Gasteiger partial charge in [0.25, 0.3) is 5.92 Å². The predicted octanol–water partition coefficient (Wildman–Crippen LogP) is 0.993. The molecule has 0 aromatic rings. The van der Waals surface area contributed by atoms with Crippen LogP contribution in [0, 0.1) is 0 Å². The van der Waals surface area contributed by atoms with Crippen LogP contribution in [0.15, 0.2) is 0 Å². The summed E-state index contributed by atoms with van der Waals surface area (Å²) in [5, 5.41) is 11.9. The number of hydrogen-bond donors (Lipinski definition) is 2. The maximum absolute atomic E-state index is 13.4. The standard InChI is InChI=1S/C12H22F2N2O2/c1-3-4-6-15-11(18)9(2)16-7-5-10(17)12(13,14)8-16/h9-10,17H,3-8H2,1-2H3,(H,15,18)/t9-,10-/m0/s1. The summed E-state index contributed by atoms with van der Waals surface area (Å²) < 4.78 is 26.7. The Morgan fingerprint density at radius 2 is 2.28 bits per heavy atom. The summed E-state index contributed by atoms with van der Waals surface area (Å²) in [6.07, 6.45) is 0.263. The van der Waals surface area contributed by atoms with Crippen molar-refractivity contribution < 1.29 is 18.7 Å². The van der Waals surface area contributed by atoms with Gasteiger partial charge in [0.05, 0.1) is 12.6 Å². The van der Waals surface area contributed by atoms with Crippen LogP contribution in [0.1, 0.15) is 33.1 Å². The van der Waals surface area contributed by atoms with Crippen LogP contribution in [-0.2, 0) is 4.79 Å². The van der Waals surface area contributed by atoms with E-state index in [1.807, 2.05) is 6.92 Å². The van der Waals surface area contributed by atoms with Crippen molar-refractivity contribution in [3.8, 4) is 0 Å². The number of rotatable bonds is 5. The molecule has 0 aromatic carbocycles. The summed E-state index contributed by atoms with van der Waals surface area (Å²) >= 11 is 0. The van der Waals surface area contributed by atoms with Crippen molar-refractivity contribution in [3.05, 3.63) is 0 Å². The van der Waals surface area contributed by atoms with Crippen LogP contribution in [0.25, 0.3) is 0 Å². The van der Waals surface area contributed by atoms with E-state index in [-0.39, 0.29) is 12.3 Å². The molecule has 1 fully saturated rings. The van der Waals surface area contributed by atoms with Gasteiger partial charge in [0.1, 0.15) is 6.10 Å². The van der Waals surface area contributed by atoms with Crippen molar-refractivity contribution in [2.75, 3.05) is 19.6 Å². The summed E-state index contributed by atoms with van der Waals surface area (Å²) in [7, 11) is 0. The molecule has 1 aliphatic rings. The second-order valence-electron chi connectivity index (χ2n) is 4.86. The van der Waals surface area contributed by atoms with E-state index in [0.29, 0.717) is 13.1 Å². The van der Waals surface area contributed by atoms with Crippen LogP contribution in [0.5, 0.6) is 0 Å². The summed E-state index contributed by atoms with van der Waals surface area (Å²) in [6.45, 7) is 3.97. The monoisotopic (exact) mass is 264 g/mol.